The molecule has 0 aromatic heterocycles. The zero-order chi connectivity index (χ0) is 16.8. The van der Waals surface area contributed by atoms with Crippen LogP contribution >= 0.6 is 35.6 Å². The van der Waals surface area contributed by atoms with Crippen LogP contribution < -0.4 is 10.6 Å². The summed E-state index contributed by atoms with van der Waals surface area (Å²) in [5.41, 5.74) is 0.558. The first-order chi connectivity index (χ1) is 11.0. The van der Waals surface area contributed by atoms with Crippen LogP contribution in [0.15, 0.2) is 18.2 Å². The Morgan fingerprint density at radius 2 is 2.08 bits per heavy atom. The molecule has 2 amide bonds. The van der Waals surface area contributed by atoms with E-state index in [9.17, 15) is 9.59 Å². The van der Waals surface area contributed by atoms with Crippen molar-refractivity contribution < 1.29 is 9.59 Å². The SMILES string of the molecule is CN(CC(=O)Nc1ccc(Cl)c(Cl)c1)C(=O)CCC1CCNC1.Cl. The van der Waals surface area contributed by atoms with Gasteiger partial charge in [0.05, 0.1) is 16.6 Å². The van der Waals surface area contributed by atoms with E-state index in [1.807, 2.05) is 0 Å². The van der Waals surface area contributed by atoms with Crippen molar-refractivity contribution in [1.29, 1.82) is 0 Å². The van der Waals surface area contributed by atoms with Gasteiger partial charge < -0.3 is 15.5 Å². The van der Waals surface area contributed by atoms with Gasteiger partial charge in [0.25, 0.3) is 0 Å². The predicted octanol–water partition coefficient (Wildman–Crippen LogP) is 3.20. The van der Waals surface area contributed by atoms with Crippen LogP contribution in [0.1, 0.15) is 19.3 Å². The topological polar surface area (TPSA) is 61.4 Å². The summed E-state index contributed by atoms with van der Waals surface area (Å²) in [6.45, 7) is 2.03. The molecular weight excluding hydrogens is 373 g/mol. The van der Waals surface area contributed by atoms with Gasteiger partial charge in [-0.3, -0.25) is 9.59 Å². The predicted molar refractivity (Wildman–Crippen MR) is 100 cm³/mol. The number of likely N-dealkylation sites (N-methyl/N-ethyl adjacent to an activating group) is 1. The summed E-state index contributed by atoms with van der Waals surface area (Å²) in [4.78, 5) is 25.5. The van der Waals surface area contributed by atoms with E-state index >= 15 is 0 Å². The number of carbonyl (C=O) groups excluding carboxylic acids is 2. The molecule has 134 valence electrons. The lowest BCUT2D eigenvalue weighted by Crippen LogP contribution is -2.35. The monoisotopic (exact) mass is 393 g/mol. The van der Waals surface area contributed by atoms with Crippen molar-refractivity contribution in [2.45, 2.75) is 19.3 Å². The third-order valence-corrected chi connectivity index (χ3v) is 4.68. The van der Waals surface area contributed by atoms with E-state index in [1.54, 1.807) is 25.2 Å². The molecular formula is C16H22Cl3N3O2. The molecule has 8 heteroatoms. The van der Waals surface area contributed by atoms with Crippen LogP contribution in [-0.4, -0.2) is 43.4 Å². The number of carbonyl (C=O) groups is 2. The molecule has 1 saturated heterocycles. The molecule has 1 aliphatic rings. The fraction of sp³-hybridized carbons (Fsp3) is 0.500. The lowest BCUT2D eigenvalue weighted by atomic mass is 10.0. The summed E-state index contributed by atoms with van der Waals surface area (Å²) in [6, 6.07) is 4.86. The molecule has 0 aliphatic carbocycles. The number of nitrogens with one attached hydrogen (secondary N) is 2. The first kappa shape index (κ1) is 21.0. The van der Waals surface area contributed by atoms with Crippen LogP contribution in [0.5, 0.6) is 0 Å². The first-order valence-electron chi connectivity index (χ1n) is 7.65. The molecule has 1 unspecified atom stereocenters. The van der Waals surface area contributed by atoms with Gasteiger partial charge in [0.15, 0.2) is 0 Å². The van der Waals surface area contributed by atoms with Gasteiger partial charge in [0.2, 0.25) is 11.8 Å². The van der Waals surface area contributed by atoms with Crippen molar-refractivity contribution in [3.8, 4) is 0 Å². The smallest absolute Gasteiger partial charge is 0.243 e. The molecule has 1 heterocycles. The van der Waals surface area contributed by atoms with Gasteiger partial charge in [-0.05, 0) is 50.0 Å². The Balaban J connectivity index is 0.00000288. The fourth-order valence-electron chi connectivity index (χ4n) is 2.56. The molecule has 1 fully saturated rings. The standard InChI is InChI=1S/C16H21Cl2N3O2.ClH/c1-21(16(23)5-2-11-6-7-19-9-11)10-15(22)20-12-3-4-13(17)14(18)8-12;/h3-4,8,11,19H,2,5-7,9-10H2,1H3,(H,20,22);1H. The van der Waals surface area contributed by atoms with E-state index in [0.717, 1.165) is 25.9 Å². The summed E-state index contributed by atoms with van der Waals surface area (Å²) >= 11 is 11.7. The first-order valence-corrected chi connectivity index (χ1v) is 8.41. The number of amides is 2. The highest BCUT2D eigenvalue weighted by molar-refractivity contribution is 6.42. The zero-order valence-electron chi connectivity index (χ0n) is 13.5. The maximum absolute atomic E-state index is 12.1. The number of nitrogens with zero attached hydrogens (tertiary/aromatic N) is 1. The maximum atomic E-state index is 12.1. The largest absolute Gasteiger partial charge is 0.336 e. The van der Waals surface area contributed by atoms with E-state index < -0.39 is 0 Å². The Kier molecular flexibility index (Phi) is 8.84. The molecule has 1 atom stereocenters. The number of hydrogen-bond acceptors (Lipinski definition) is 3. The second kappa shape index (κ2) is 10.1. The highest BCUT2D eigenvalue weighted by Gasteiger charge is 2.18. The normalized spacial score (nSPS) is 16.4. The number of halogens is 3. The summed E-state index contributed by atoms with van der Waals surface area (Å²) in [7, 11) is 1.64. The minimum atomic E-state index is -0.262. The van der Waals surface area contributed by atoms with Crippen LogP contribution in [0.2, 0.25) is 10.0 Å². The molecule has 1 aromatic rings. The number of hydrogen-bond donors (Lipinski definition) is 2. The van der Waals surface area contributed by atoms with Crippen molar-refractivity contribution in [3.05, 3.63) is 28.2 Å². The van der Waals surface area contributed by atoms with Crippen molar-refractivity contribution in [2.24, 2.45) is 5.92 Å². The van der Waals surface area contributed by atoms with E-state index in [4.69, 9.17) is 23.2 Å². The molecule has 1 aliphatic heterocycles. The van der Waals surface area contributed by atoms with Crippen LogP contribution in [0.25, 0.3) is 0 Å². The van der Waals surface area contributed by atoms with Gasteiger partial charge in [0, 0.05) is 19.2 Å². The van der Waals surface area contributed by atoms with Gasteiger partial charge in [-0.2, -0.15) is 0 Å². The van der Waals surface area contributed by atoms with Gasteiger partial charge in [0.1, 0.15) is 0 Å². The second-order valence-electron chi connectivity index (χ2n) is 5.82. The zero-order valence-corrected chi connectivity index (χ0v) is 15.8. The Morgan fingerprint density at radius 3 is 2.71 bits per heavy atom. The minimum absolute atomic E-state index is 0. The molecule has 2 rings (SSSR count). The molecule has 1 aromatic carbocycles. The highest BCUT2D eigenvalue weighted by atomic mass is 35.5. The van der Waals surface area contributed by atoms with Gasteiger partial charge in [-0.1, -0.05) is 23.2 Å². The van der Waals surface area contributed by atoms with Crippen LogP contribution in [0, 0.1) is 5.92 Å². The van der Waals surface area contributed by atoms with Crippen LogP contribution in [0.4, 0.5) is 5.69 Å². The minimum Gasteiger partial charge on any atom is -0.336 e. The van der Waals surface area contributed by atoms with Crippen LogP contribution in [-0.2, 0) is 9.59 Å². The lowest BCUT2D eigenvalue weighted by molar-refractivity contribution is -0.133. The summed E-state index contributed by atoms with van der Waals surface area (Å²) in [5, 5.41) is 6.79. The van der Waals surface area contributed by atoms with Crippen molar-refractivity contribution in [2.75, 3.05) is 32.0 Å². The molecule has 24 heavy (non-hydrogen) atoms. The van der Waals surface area contributed by atoms with E-state index in [1.165, 1.54) is 4.90 Å². The summed E-state index contributed by atoms with van der Waals surface area (Å²) in [6.07, 6.45) is 2.46. The van der Waals surface area contributed by atoms with Crippen molar-refractivity contribution in [1.82, 2.24) is 10.2 Å². The Hall–Kier alpha value is -1.01. The van der Waals surface area contributed by atoms with Crippen molar-refractivity contribution in [3.63, 3.8) is 0 Å². The van der Waals surface area contributed by atoms with Crippen molar-refractivity contribution >= 4 is 53.1 Å². The average molecular weight is 395 g/mol. The Morgan fingerprint density at radius 1 is 1.33 bits per heavy atom. The third kappa shape index (κ3) is 6.48. The molecule has 0 bridgehead atoms. The quantitative estimate of drug-likeness (QED) is 0.779. The fourth-order valence-corrected chi connectivity index (χ4v) is 2.86. The van der Waals surface area contributed by atoms with E-state index in [0.29, 0.717) is 28.1 Å². The third-order valence-electron chi connectivity index (χ3n) is 3.94. The Labute approximate surface area is 158 Å². The number of anilines is 1. The maximum Gasteiger partial charge on any atom is 0.243 e. The number of rotatable bonds is 6. The molecule has 5 nitrogen and oxygen atoms in total. The molecule has 0 saturated carbocycles. The molecule has 0 spiro atoms. The lowest BCUT2D eigenvalue weighted by Gasteiger charge is -2.18. The second-order valence-corrected chi connectivity index (χ2v) is 6.64. The average Bonchev–Trinajstić information content (AvgIpc) is 3.01. The Bertz CT molecular complexity index is 578. The van der Waals surface area contributed by atoms with E-state index in [-0.39, 0.29) is 30.8 Å². The van der Waals surface area contributed by atoms with Gasteiger partial charge in [-0.25, -0.2) is 0 Å². The molecule has 2 N–H and O–H groups in total. The van der Waals surface area contributed by atoms with Gasteiger partial charge in [-0.15, -0.1) is 12.4 Å². The van der Waals surface area contributed by atoms with E-state index in [2.05, 4.69) is 10.6 Å². The van der Waals surface area contributed by atoms with Crippen LogP contribution in [0.3, 0.4) is 0 Å². The highest BCUT2D eigenvalue weighted by Crippen LogP contribution is 2.25. The summed E-state index contributed by atoms with van der Waals surface area (Å²) in [5.74, 6) is 0.292. The van der Waals surface area contributed by atoms with Gasteiger partial charge >= 0.3 is 0 Å². The summed E-state index contributed by atoms with van der Waals surface area (Å²) < 4.78 is 0. The number of benzene rings is 1. The molecule has 0 radical (unpaired) electrons.